The molecule has 0 bridgehead atoms. The molecule has 1 aromatic carbocycles. The van der Waals surface area contributed by atoms with Crippen LogP contribution in [0.1, 0.15) is 17.3 Å². The summed E-state index contributed by atoms with van der Waals surface area (Å²) in [5, 5.41) is 3.84. The van der Waals surface area contributed by atoms with Gasteiger partial charge in [0.1, 0.15) is 0 Å². The van der Waals surface area contributed by atoms with Crippen molar-refractivity contribution in [3.63, 3.8) is 0 Å². The zero-order valence-electron chi connectivity index (χ0n) is 7.30. The largest absolute Gasteiger partial charge is 0.384 e. The summed E-state index contributed by atoms with van der Waals surface area (Å²) in [6.07, 6.45) is 0. The van der Waals surface area contributed by atoms with Crippen molar-refractivity contribution >= 4 is 23.1 Å². The first-order valence-electron chi connectivity index (χ1n) is 4.26. The van der Waals surface area contributed by atoms with Crippen LogP contribution < -0.4 is 5.32 Å². The lowest BCUT2D eigenvalue weighted by atomic mass is 9.94. The van der Waals surface area contributed by atoms with Gasteiger partial charge in [-0.3, -0.25) is 4.79 Å². The predicted octanol–water partition coefficient (Wildman–Crippen LogP) is 2.58. The summed E-state index contributed by atoms with van der Waals surface area (Å²) in [7, 11) is 0. The van der Waals surface area contributed by atoms with E-state index in [4.69, 9.17) is 11.6 Å². The second-order valence-electron chi connectivity index (χ2n) is 3.34. The Hall–Kier alpha value is -1.02. The van der Waals surface area contributed by atoms with Gasteiger partial charge < -0.3 is 5.32 Å². The molecule has 68 valence electrons. The average Bonchev–Trinajstić information content (AvgIpc) is 2.12. The van der Waals surface area contributed by atoms with Crippen molar-refractivity contribution in [3.05, 3.63) is 28.8 Å². The number of rotatable bonds is 0. The van der Waals surface area contributed by atoms with Gasteiger partial charge in [-0.1, -0.05) is 18.5 Å². The van der Waals surface area contributed by atoms with Gasteiger partial charge in [0.2, 0.25) is 0 Å². The molecule has 0 spiro atoms. The van der Waals surface area contributed by atoms with Gasteiger partial charge >= 0.3 is 0 Å². The molecular weight excluding hydrogens is 186 g/mol. The standard InChI is InChI=1S/C10H10ClNO/c1-6-5-12-9-4-7(11)2-3-8(9)10(6)13/h2-4,6,12H,5H2,1H3. The van der Waals surface area contributed by atoms with E-state index in [1.165, 1.54) is 0 Å². The van der Waals surface area contributed by atoms with E-state index in [0.29, 0.717) is 11.6 Å². The first-order valence-corrected chi connectivity index (χ1v) is 4.64. The molecule has 1 aliphatic rings. The number of nitrogens with one attached hydrogen (secondary N) is 1. The van der Waals surface area contributed by atoms with E-state index in [9.17, 15) is 4.79 Å². The number of carbonyl (C=O) groups is 1. The van der Waals surface area contributed by atoms with E-state index in [-0.39, 0.29) is 11.7 Å². The van der Waals surface area contributed by atoms with E-state index >= 15 is 0 Å². The maximum absolute atomic E-state index is 11.6. The average molecular weight is 196 g/mol. The SMILES string of the molecule is CC1CNc2cc(Cl)ccc2C1=O. The fourth-order valence-electron chi connectivity index (χ4n) is 1.50. The predicted molar refractivity (Wildman–Crippen MR) is 53.4 cm³/mol. The molecule has 2 rings (SSSR count). The summed E-state index contributed by atoms with van der Waals surface area (Å²) in [5.74, 6) is 0.263. The quantitative estimate of drug-likeness (QED) is 0.690. The van der Waals surface area contributed by atoms with Gasteiger partial charge in [0, 0.05) is 28.7 Å². The molecule has 1 aliphatic heterocycles. The Kier molecular flexibility index (Phi) is 2.00. The maximum Gasteiger partial charge on any atom is 0.169 e. The number of ketones is 1. The van der Waals surface area contributed by atoms with Crippen LogP contribution in [0.15, 0.2) is 18.2 Å². The van der Waals surface area contributed by atoms with Crippen LogP contribution in [-0.4, -0.2) is 12.3 Å². The van der Waals surface area contributed by atoms with Gasteiger partial charge in [0.05, 0.1) is 0 Å². The molecule has 0 saturated carbocycles. The monoisotopic (exact) mass is 195 g/mol. The maximum atomic E-state index is 11.6. The molecule has 0 aromatic heterocycles. The molecule has 1 N–H and O–H groups in total. The van der Waals surface area contributed by atoms with Gasteiger partial charge in [-0.05, 0) is 18.2 Å². The topological polar surface area (TPSA) is 29.1 Å². The minimum absolute atomic E-state index is 0.0636. The second-order valence-corrected chi connectivity index (χ2v) is 3.77. The fourth-order valence-corrected chi connectivity index (χ4v) is 1.67. The van der Waals surface area contributed by atoms with Crippen LogP contribution in [-0.2, 0) is 0 Å². The summed E-state index contributed by atoms with van der Waals surface area (Å²) >= 11 is 5.81. The number of hydrogen-bond donors (Lipinski definition) is 1. The summed E-state index contributed by atoms with van der Waals surface area (Å²) < 4.78 is 0. The van der Waals surface area contributed by atoms with Gasteiger partial charge in [0.15, 0.2) is 5.78 Å². The van der Waals surface area contributed by atoms with E-state index in [1.54, 1.807) is 18.2 Å². The first kappa shape index (κ1) is 8.57. The normalized spacial score (nSPS) is 20.8. The lowest BCUT2D eigenvalue weighted by molar-refractivity contribution is 0.0932. The highest BCUT2D eigenvalue weighted by Gasteiger charge is 2.23. The number of anilines is 1. The van der Waals surface area contributed by atoms with Crippen LogP contribution in [0.2, 0.25) is 5.02 Å². The first-order chi connectivity index (χ1) is 6.18. The highest BCUT2D eigenvalue weighted by atomic mass is 35.5. The lowest BCUT2D eigenvalue weighted by Gasteiger charge is -2.21. The van der Waals surface area contributed by atoms with Crippen molar-refractivity contribution in [2.24, 2.45) is 5.92 Å². The molecule has 2 nitrogen and oxygen atoms in total. The third-order valence-corrected chi connectivity index (χ3v) is 2.53. The summed E-state index contributed by atoms with van der Waals surface area (Å²) in [4.78, 5) is 11.6. The molecule has 1 unspecified atom stereocenters. The van der Waals surface area contributed by atoms with Crippen LogP contribution in [0.25, 0.3) is 0 Å². The highest BCUT2D eigenvalue weighted by Crippen LogP contribution is 2.27. The molecule has 0 aliphatic carbocycles. The van der Waals surface area contributed by atoms with Crippen LogP contribution >= 0.6 is 11.6 Å². The molecule has 13 heavy (non-hydrogen) atoms. The molecular formula is C10H10ClNO. The lowest BCUT2D eigenvalue weighted by Crippen LogP contribution is -2.27. The second kappa shape index (κ2) is 3.04. The molecule has 0 amide bonds. The Morgan fingerprint density at radius 2 is 2.31 bits per heavy atom. The minimum atomic E-state index is 0.0636. The number of halogens is 1. The minimum Gasteiger partial charge on any atom is -0.384 e. The zero-order valence-corrected chi connectivity index (χ0v) is 8.06. The number of fused-ring (bicyclic) bond motifs is 1. The molecule has 0 saturated heterocycles. The van der Waals surface area contributed by atoms with Gasteiger partial charge in [-0.25, -0.2) is 0 Å². The summed E-state index contributed by atoms with van der Waals surface area (Å²) in [5.41, 5.74) is 1.61. The zero-order chi connectivity index (χ0) is 9.42. The summed E-state index contributed by atoms with van der Waals surface area (Å²) in [6.45, 7) is 2.62. The van der Waals surface area contributed by atoms with Gasteiger partial charge in [-0.15, -0.1) is 0 Å². The Balaban J connectivity index is 2.50. The van der Waals surface area contributed by atoms with E-state index in [0.717, 1.165) is 11.3 Å². The third-order valence-electron chi connectivity index (χ3n) is 2.29. The smallest absolute Gasteiger partial charge is 0.169 e. The molecule has 1 aromatic rings. The van der Waals surface area contributed by atoms with Crippen LogP contribution in [0.5, 0.6) is 0 Å². The molecule has 0 fully saturated rings. The van der Waals surface area contributed by atoms with E-state index in [1.807, 2.05) is 6.92 Å². The Labute approximate surface area is 81.9 Å². The van der Waals surface area contributed by atoms with E-state index < -0.39 is 0 Å². The van der Waals surface area contributed by atoms with Gasteiger partial charge in [-0.2, -0.15) is 0 Å². The Morgan fingerprint density at radius 1 is 1.54 bits per heavy atom. The van der Waals surface area contributed by atoms with Crippen molar-refractivity contribution < 1.29 is 4.79 Å². The number of hydrogen-bond acceptors (Lipinski definition) is 2. The number of Topliss-reactive ketones (excluding diaryl/α,β-unsaturated/α-hetero) is 1. The van der Waals surface area contributed by atoms with Crippen molar-refractivity contribution in [1.82, 2.24) is 0 Å². The Morgan fingerprint density at radius 3 is 3.08 bits per heavy atom. The fraction of sp³-hybridized carbons (Fsp3) is 0.300. The van der Waals surface area contributed by atoms with Crippen molar-refractivity contribution in [3.8, 4) is 0 Å². The highest BCUT2D eigenvalue weighted by molar-refractivity contribution is 6.31. The van der Waals surface area contributed by atoms with Crippen molar-refractivity contribution in [2.45, 2.75) is 6.92 Å². The molecule has 1 heterocycles. The van der Waals surface area contributed by atoms with Crippen molar-refractivity contribution in [2.75, 3.05) is 11.9 Å². The molecule has 0 radical (unpaired) electrons. The summed E-state index contributed by atoms with van der Waals surface area (Å²) in [6, 6.07) is 5.32. The van der Waals surface area contributed by atoms with Gasteiger partial charge in [0.25, 0.3) is 0 Å². The number of carbonyl (C=O) groups excluding carboxylic acids is 1. The van der Waals surface area contributed by atoms with Crippen molar-refractivity contribution in [1.29, 1.82) is 0 Å². The van der Waals surface area contributed by atoms with Crippen LogP contribution in [0.3, 0.4) is 0 Å². The third kappa shape index (κ3) is 1.42. The van der Waals surface area contributed by atoms with Crippen LogP contribution in [0, 0.1) is 5.92 Å². The molecule has 1 atom stereocenters. The Bertz CT molecular complexity index is 362. The molecule has 3 heteroatoms. The number of benzene rings is 1. The van der Waals surface area contributed by atoms with Crippen LogP contribution in [0.4, 0.5) is 5.69 Å². The van der Waals surface area contributed by atoms with E-state index in [2.05, 4.69) is 5.32 Å².